The average Bonchev–Trinajstić information content (AvgIpc) is 2.84. The van der Waals surface area contributed by atoms with Crippen LogP contribution < -0.4 is 5.32 Å². The fraction of sp³-hybridized carbons (Fsp3) is 0.643. The van der Waals surface area contributed by atoms with Crippen molar-refractivity contribution in [1.29, 1.82) is 0 Å². The van der Waals surface area contributed by atoms with E-state index < -0.39 is 0 Å². The molecule has 0 aromatic carbocycles. The molecule has 2 rings (SSSR count). The Morgan fingerprint density at radius 1 is 1.72 bits per heavy atom. The molecule has 0 spiro atoms. The maximum atomic E-state index is 9.69. The maximum absolute atomic E-state index is 9.69. The molecular formula is C14H23N3O. The summed E-state index contributed by atoms with van der Waals surface area (Å²) in [6, 6.07) is 0. The molecule has 2 N–H and O–H groups in total. The summed E-state index contributed by atoms with van der Waals surface area (Å²) < 4.78 is 1.70. The van der Waals surface area contributed by atoms with Gasteiger partial charge in [-0.05, 0) is 18.8 Å². The molecule has 0 amide bonds. The van der Waals surface area contributed by atoms with E-state index in [1.165, 1.54) is 12.8 Å². The lowest BCUT2D eigenvalue weighted by molar-refractivity contribution is 0.0982. The minimum atomic E-state index is -0.103. The fourth-order valence-corrected chi connectivity index (χ4v) is 2.88. The highest BCUT2D eigenvalue weighted by atomic mass is 16.3. The molecular weight excluding hydrogens is 226 g/mol. The number of aromatic nitrogens is 2. The first kappa shape index (κ1) is 13.3. The molecule has 1 aliphatic rings. The van der Waals surface area contributed by atoms with Gasteiger partial charge in [0.1, 0.15) is 0 Å². The van der Waals surface area contributed by atoms with Crippen LogP contribution in [0.4, 0.5) is 0 Å². The summed E-state index contributed by atoms with van der Waals surface area (Å²) in [5.74, 6) is 0.689. The van der Waals surface area contributed by atoms with E-state index in [0.29, 0.717) is 5.92 Å². The van der Waals surface area contributed by atoms with Gasteiger partial charge in [-0.3, -0.25) is 0 Å². The molecule has 100 valence electrons. The first-order valence-corrected chi connectivity index (χ1v) is 6.69. The highest BCUT2D eigenvalue weighted by Crippen LogP contribution is 2.32. The highest BCUT2D eigenvalue weighted by molar-refractivity contribution is 5.17. The zero-order valence-electron chi connectivity index (χ0n) is 11.1. The Labute approximate surface area is 109 Å². The molecule has 1 saturated carbocycles. The second-order valence-electron chi connectivity index (χ2n) is 5.50. The Kier molecular flexibility index (Phi) is 4.19. The van der Waals surface area contributed by atoms with E-state index in [1.54, 1.807) is 10.9 Å². The summed E-state index contributed by atoms with van der Waals surface area (Å²) in [6.07, 6.45) is 10.1. The van der Waals surface area contributed by atoms with Gasteiger partial charge in [0.25, 0.3) is 0 Å². The Balaban J connectivity index is 1.95. The summed E-state index contributed by atoms with van der Waals surface area (Å²) in [4.78, 5) is 0. The van der Waals surface area contributed by atoms with Gasteiger partial charge >= 0.3 is 0 Å². The van der Waals surface area contributed by atoms with Crippen molar-refractivity contribution in [3.63, 3.8) is 0 Å². The maximum Gasteiger partial charge on any atom is 0.0613 e. The van der Waals surface area contributed by atoms with Crippen molar-refractivity contribution >= 4 is 6.20 Å². The molecule has 0 saturated heterocycles. The number of hydrogen-bond acceptors (Lipinski definition) is 3. The molecule has 1 heterocycles. The summed E-state index contributed by atoms with van der Waals surface area (Å²) in [5.41, 5.74) is 1.02. The van der Waals surface area contributed by atoms with E-state index in [9.17, 15) is 5.11 Å². The van der Waals surface area contributed by atoms with Gasteiger partial charge in [0.15, 0.2) is 0 Å². The van der Waals surface area contributed by atoms with Crippen LogP contribution in [-0.2, 0) is 6.54 Å². The molecule has 1 aromatic rings. The molecule has 0 aliphatic heterocycles. The van der Waals surface area contributed by atoms with Gasteiger partial charge in [-0.25, -0.2) is 4.68 Å². The molecule has 18 heavy (non-hydrogen) atoms. The number of aliphatic hydroxyl groups is 1. The lowest BCUT2D eigenvalue weighted by Crippen LogP contribution is -2.51. The lowest BCUT2D eigenvalue weighted by Gasteiger charge is -2.39. The van der Waals surface area contributed by atoms with E-state index in [2.05, 4.69) is 23.9 Å². The topological polar surface area (TPSA) is 50.1 Å². The number of hydrogen-bond donors (Lipinski definition) is 2. The standard InChI is InChI=1S/C14H23N3O/c1-3-17-10-13(9-16-17)8-15-14(11-18)6-4-5-12(2)7-14/h3,9-10,12,15,18H,1,4-8,11H2,2H3. The van der Waals surface area contributed by atoms with Gasteiger partial charge in [0.2, 0.25) is 0 Å². The lowest BCUT2D eigenvalue weighted by atomic mass is 9.77. The SMILES string of the molecule is C=Cn1cc(CNC2(CO)CCCC(C)C2)cn1. The Bertz CT molecular complexity index is 401. The van der Waals surface area contributed by atoms with Crippen LogP contribution in [0.15, 0.2) is 19.0 Å². The Morgan fingerprint density at radius 3 is 3.17 bits per heavy atom. The van der Waals surface area contributed by atoms with Crippen molar-refractivity contribution < 1.29 is 5.11 Å². The minimum absolute atomic E-state index is 0.103. The van der Waals surface area contributed by atoms with Gasteiger partial charge in [0.05, 0.1) is 12.8 Å². The van der Waals surface area contributed by atoms with E-state index in [1.807, 2.05) is 12.4 Å². The van der Waals surface area contributed by atoms with Crippen LogP contribution in [0, 0.1) is 5.92 Å². The third-order valence-electron chi connectivity index (χ3n) is 3.90. The first-order chi connectivity index (χ1) is 8.67. The second-order valence-corrected chi connectivity index (χ2v) is 5.50. The number of nitrogens with one attached hydrogen (secondary N) is 1. The van der Waals surface area contributed by atoms with Crippen molar-refractivity contribution in [2.24, 2.45) is 5.92 Å². The first-order valence-electron chi connectivity index (χ1n) is 6.69. The van der Waals surface area contributed by atoms with Crippen LogP contribution in [0.3, 0.4) is 0 Å². The zero-order chi connectivity index (χ0) is 13.0. The summed E-state index contributed by atoms with van der Waals surface area (Å²) in [7, 11) is 0. The highest BCUT2D eigenvalue weighted by Gasteiger charge is 2.33. The average molecular weight is 249 g/mol. The third-order valence-corrected chi connectivity index (χ3v) is 3.90. The number of rotatable bonds is 5. The smallest absolute Gasteiger partial charge is 0.0613 e. The summed E-state index contributed by atoms with van der Waals surface area (Å²) >= 11 is 0. The third kappa shape index (κ3) is 3.00. The summed E-state index contributed by atoms with van der Waals surface area (Å²) in [6.45, 7) is 6.91. The molecule has 1 aliphatic carbocycles. The van der Waals surface area contributed by atoms with Crippen molar-refractivity contribution in [2.75, 3.05) is 6.61 Å². The molecule has 1 aromatic heterocycles. The molecule has 1 fully saturated rings. The quantitative estimate of drug-likeness (QED) is 0.839. The molecule has 2 unspecified atom stereocenters. The van der Waals surface area contributed by atoms with Crippen LogP contribution in [0.2, 0.25) is 0 Å². The number of nitrogens with zero attached hydrogens (tertiary/aromatic N) is 2. The van der Waals surface area contributed by atoms with Gasteiger partial charge in [-0.2, -0.15) is 5.10 Å². The zero-order valence-corrected chi connectivity index (χ0v) is 11.1. The summed E-state index contributed by atoms with van der Waals surface area (Å²) in [5, 5.41) is 17.4. The van der Waals surface area contributed by atoms with E-state index in [0.717, 1.165) is 24.9 Å². The number of aliphatic hydroxyl groups excluding tert-OH is 1. The van der Waals surface area contributed by atoms with Crippen LogP contribution in [-0.4, -0.2) is 27.0 Å². The molecule has 2 atom stereocenters. The predicted molar refractivity (Wildman–Crippen MR) is 72.9 cm³/mol. The Morgan fingerprint density at radius 2 is 2.56 bits per heavy atom. The molecule has 4 nitrogen and oxygen atoms in total. The van der Waals surface area contributed by atoms with Crippen molar-refractivity contribution in [1.82, 2.24) is 15.1 Å². The van der Waals surface area contributed by atoms with Crippen LogP contribution >= 0.6 is 0 Å². The largest absolute Gasteiger partial charge is 0.394 e. The molecule has 0 bridgehead atoms. The van der Waals surface area contributed by atoms with Crippen LogP contribution in [0.1, 0.15) is 38.2 Å². The van der Waals surface area contributed by atoms with Crippen molar-refractivity contribution in [3.8, 4) is 0 Å². The second kappa shape index (κ2) is 5.67. The minimum Gasteiger partial charge on any atom is -0.394 e. The van der Waals surface area contributed by atoms with Crippen LogP contribution in [0.5, 0.6) is 0 Å². The van der Waals surface area contributed by atoms with Crippen LogP contribution in [0.25, 0.3) is 6.20 Å². The predicted octanol–water partition coefficient (Wildman–Crippen LogP) is 2.01. The van der Waals surface area contributed by atoms with Gasteiger partial charge in [0, 0.05) is 30.0 Å². The van der Waals surface area contributed by atoms with E-state index >= 15 is 0 Å². The van der Waals surface area contributed by atoms with E-state index in [-0.39, 0.29) is 12.1 Å². The fourth-order valence-electron chi connectivity index (χ4n) is 2.88. The molecule has 4 heteroatoms. The normalized spacial score (nSPS) is 28.2. The Hall–Kier alpha value is -1.13. The van der Waals surface area contributed by atoms with E-state index in [4.69, 9.17) is 0 Å². The van der Waals surface area contributed by atoms with Crippen molar-refractivity contribution in [3.05, 3.63) is 24.5 Å². The van der Waals surface area contributed by atoms with Gasteiger partial charge in [-0.15, -0.1) is 0 Å². The van der Waals surface area contributed by atoms with Gasteiger partial charge in [-0.1, -0.05) is 26.3 Å². The van der Waals surface area contributed by atoms with Gasteiger partial charge < -0.3 is 10.4 Å². The van der Waals surface area contributed by atoms with Crippen molar-refractivity contribution in [2.45, 2.75) is 44.7 Å². The monoisotopic (exact) mass is 249 g/mol. The molecule has 0 radical (unpaired) electrons.